The Morgan fingerprint density at radius 1 is 1.15 bits per heavy atom. The van der Waals surface area contributed by atoms with Crippen molar-refractivity contribution in [2.75, 3.05) is 31.1 Å². The standard InChI is InChI=1S/C20H21BrClN3OS/c1-3-24(4-2)11-12-25(19(26)15-7-5-6-8-16(15)21)20-23-17-10-9-14(22)13-18(17)27-20/h5-10,13H,3-4,11-12H2,1-2H3. The number of carbonyl (C=O) groups excluding carboxylic acids is 1. The molecule has 0 N–H and O–H groups in total. The average Bonchev–Trinajstić information content (AvgIpc) is 3.08. The van der Waals surface area contributed by atoms with E-state index in [1.165, 1.54) is 11.3 Å². The van der Waals surface area contributed by atoms with Crippen LogP contribution in [-0.4, -0.2) is 42.0 Å². The molecule has 0 saturated carbocycles. The van der Waals surface area contributed by atoms with E-state index in [1.807, 2.05) is 42.5 Å². The smallest absolute Gasteiger partial charge is 0.261 e. The van der Waals surface area contributed by atoms with Crippen molar-refractivity contribution in [3.8, 4) is 0 Å². The Labute approximate surface area is 176 Å². The summed E-state index contributed by atoms with van der Waals surface area (Å²) < 4.78 is 1.76. The van der Waals surface area contributed by atoms with E-state index in [2.05, 4.69) is 34.7 Å². The van der Waals surface area contributed by atoms with E-state index in [0.29, 0.717) is 22.3 Å². The summed E-state index contributed by atoms with van der Waals surface area (Å²) in [6, 6.07) is 13.1. The molecule has 0 unspecified atom stereocenters. The van der Waals surface area contributed by atoms with Crippen LogP contribution in [0.5, 0.6) is 0 Å². The summed E-state index contributed by atoms with van der Waals surface area (Å²) in [5, 5.41) is 1.37. The second-order valence-electron chi connectivity index (χ2n) is 6.07. The Kier molecular flexibility index (Phi) is 6.87. The number of likely N-dealkylation sites (N-methyl/N-ethyl adjacent to an activating group) is 1. The molecule has 0 aliphatic heterocycles. The van der Waals surface area contributed by atoms with E-state index in [0.717, 1.165) is 34.3 Å². The molecule has 2 aromatic carbocycles. The van der Waals surface area contributed by atoms with Crippen LogP contribution < -0.4 is 4.90 Å². The topological polar surface area (TPSA) is 36.4 Å². The molecule has 0 aliphatic rings. The number of rotatable bonds is 7. The number of thiazole rings is 1. The van der Waals surface area contributed by atoms with Gasteiger partial charge in [0.05, 0.1) is 15.8 Å². The lowest BCUT2D eigenvalue weighted by molar-refractivity contribution is 0.0983. The van der Waals surface area contributed by atoms with E-state index < -0.39 is 0 Å². The summed E-state index contributed by atoms with van der Waals surface area (Å²) in [6.45, 7) is 7.52. The van der Waals surface area contributed by atoms with Gasteiger partial charge in [0.15, 0.2) is 5.13 Å². The normalized spacial score (nSPS) is 11.3. The van der Waals surface area contributed by atoms with E-state index >= 15 is 0 Å². The number of carbonyl (C=O) groups is 1. The lowest BCUT2D eigenvalue weighted by Gasteiger charge is -2.25. The van der Waals surface area contributed by atoms with Crippen molar-refractivity contribution < 1.29 is 4.79 Å². The number of benzene rings is 2. The quantitative estimate of drug-likeness (QED) is 0.448. The van der Waals surface area contributed by atoms with E-state index in [-0.39, 0.29) is 5.91 Å². The fraction of sp³-hybridized carbons (Fsp3) is 0.300. The molecule has 0 aliphatic carbocycles. The highest BCUT2D eigenvalue weighted by molar-refractivity contribution is 9.10. The molecule has 0 fully saturated rings. The van der Waals surface area contributed by atoms with Crippen LogP contribution in [0, 0.1) is 0 Å². The van der Waals surface area contributed by atoms with Crippen molar-refractivity contribution in [2.45, 2.75) is 13.8 Å². The number of anilines is 1. The van der Waals surface area contributed by atoms with Gasteiger partial charge in [-0.3, -0.25) is 9.69 Å². The minimum Gasteiger partial charge on any atom is -0.302 e. The van der Waals surface area contributed by atoms with E-state index in [4.69, 9.17) is 16.6 Å². The molecule has 0 spiro atoms. The van der Waals surface area contributed by atoms with Crippen LogP contribution in [-0.2, 0) is 0 Å². The Morgan fingerprint density at radius 2 is 1.89 bits per heavy atom. The zero-order valence-electron chi connectivity index (χ0n) is 15.3. The molecular weight excluding hydrogens is 446 g/mol. The molecule has 3 aromatic rings. The maximum Gasteiger partial charge on any atom is 0.261 e. The van der Waals surface area contributed by atoms with E-state index in [1.54, 1.807) is 4.90 Å². The number of hydrogen-bond acceptors (Lipinski definition) is 4. The highest BCUT2D eigenvalue weighted by atomic mass is 79.9. The van der Waals surface area contributed by atoms with Crippen LogP contribution in [0.1, 0.15) is 24.2 Å². The van der Waals surface area contributed by atoms with Gasteiger partial charge in [-0.25, -0.2) is 4.98 Å². The number of nitrogens with zero attached hydrogens (tertiary/aromatic N) is 3. The Balaban J connectivity index is 1.97. The minimum atomic E-state index is -0.0558. The zero-order valence-corrected chi connectivity index (χ0v) is 18.4. The van der Waals surface area contributed by atoms with Crippen molar-refractivity contribution in [2.24, 2.45) is 0 Å². The maximum absolute atomic E-state index is 13.3. The third-order valence-corrected chi connectivity index (χ3v) is 6.42. The van der Waals surface area contributed by atoms with Gasteiger partial charge in [0.2, 0.25) is 0 Å². The van der Waals surface area contributed by atoms with Gasteiger partial charge in [0.25, 0.3) is 5.91 Å². The first kappa shape index (κ1) is 20.3. The zero-order chi connectivity index (χ0) is 19.4. The number of aromatic nitrogens is 1. The average molecular weight is 467 g/mol. The van der Waals surface area contributed by atoms with Crippen molar-refractivity contribution in [1.29, 1.82) is 0 Å². The summed E-state index contributed by atoms with van der Waals surface area (Å²) >= 11 is 11.1. The van der Waals surface area contributed by atoms with Gasteiger partial charge in [-0.05, 0) is 59.4 Å². The highest BCUT2D eigenvalue weighted by Gasteiger charge is 2.23. The van der Waals surface area contributed by atoms with Gasteiger partial charge >= 0.3 is 0 Å². The highest BCUT2D eigenvalue weighted by Crippen LogP contribution is 2.32. The van der Waals surface area contributed by atoms with Gasteiger partial charge < -0.3 is 4.90 Å². The molecule has 1 amide bonds. The molecule has 0 atom stereocenters. The monoisotopic (exact) mass is 465 g/mol. The third-order valence-electron chi connectivity index (χ3n) is 4.45. The van der Waals surface area contributed by atoms with Crippen molar-refractivity contribution in [3.05, 3.63) is 57.5 Å². The van der Waals surface area contributed by atoms with Crippen molar-refractivity contribution >= 4 is 60.1 Å². The van der Waals surface area contributed by atoms with Crippen LogP contribution in [0.3, 0.4) is 0 Å². The SMILES string of the molecule is CCN(CC)CCN(C(=O)c1ccccc1Br)c1nc2ccc(Cl)cc2s1. The summed E-state index contributed by atoms with van der Waals surface area (Å²) in [5.41, 5.74) is 1.49. The first-order valence-electron chi connectivity index (χ1n) is 8.88. The summed E-state index contributed by atoms with van der Waals surface area (Å²) in [7, 11) is 0. The third kappa shape index (κ3) is 4.69. The maximum atomic E-state index is 13.3. The number of amides is 1. The summed E-state index contributed by atoms with van der Waals surface area (Å²) in [5.74, 6) is -0.0558. The second-order valence-corrected chi connectivity index (χ2v) is 8.37. The van der Waals surface area contributed by atoms with Gasteiger partial charge in [-0.15, -0.1) is 0 Å². The van der Waals surface area contributed by atoms with Crippen molar-refractivity contribution in [3.63, 3.8) is 0 Å². The lowest BCUT2D eigenvalue weighted by atomic mass is 10.2. The van der Waals surface area contributed by atoms with E-state index in [9.17, 15) is 4.79 Å². The summed E-state index contributed by atoms with van der Waals surface area (Å²) in [6.07, 6.45) is 0. The molecule has 1 heterocycles. The van der Waals surface area contributed by atoms with Crippen molar-refractivity contribution in [1.82, 2.24) is 9.88 Å². The van der Waals surface area contributed by atoms with Crippen LogP contribution in [0.2, 0.25) is 5.02 Å². The minimum absolute atomic E-state index is 0.0558. The second kappa shape index (κ2) is 9.15. The van der Waals surface area contributed by atoms with Crippen LogP contribution in [0.4, 0.5) is 5.13 Å². The number of halogens is 2. The summed E-state index contributed by atoms with van der Waals surface area (Å²) in [4.78, 5) is 22.1. The van der Waals surface area contributed by atoms with Gasteiger partial charge in [0.1, 0.15) is 0 Å². The van der Waals surface area contributed by atoms with Crippen LogP contribution >= 0.6 is 38.9 Å². The molecule has 0 saturated heterocycles. The van der Waals surface area contributed by atoms with Gasteiger partial charge in [0, 0.05) is 22.6 Å². The molecule has 7 heteroatoms. The molecule has 3 rings (SSSR count). The molecule has 4 nitrogen and oxygen atoms in total. The lowest BCUT2D eigenvalue weighted by Crippen LogP contribution is -2.39. The fourth-order valence-electron chi connectivity index (χ4n) is 2.85. The Morgan fingerprint density at radius 3 is 2.59 bits per heavy atom. The van der Waals surface area contributed by atoms with Crippen LogP contribution in [0.15, 0.2) is 46.9 Å². The number of hydrogen-bond donors (Lipinski definition) is 0. The molecule has 1 aromatic heterocycles. The largest absolute Gasteiger partial charge is 0.302 e. The molecule has 27 heavy (non-hydrogen) atoms. The van der Waals surface area contributed by atoms with Gasteiger partial charge in [-0.1, -0.05) is 48.9 Å². The number of fused-ring (bicyclic) bond motifs is 1. The Bertz CT molecular complexity index is 942. The van der Waals surface area contributed by atoms with Crippen LogP contribution in [0.25, 0.3) is 10.2 Å². The molecule has 0 radical (unpaired) electrons. The first-order chi connectivity index (χ1) is 13.0. The Hall–Kier alpha value is -1.47. The predicted molar refractivity (Wildman–Crippen MR) is 118 cm³/mol. The molecular formula is C20H21BrClN3OS. The molecule has 142 valence electrons. The first-order valence-corrected chi connectivity index (χ1v) is 10.9. The molecule has 0 bridgehead atoms. The van der Waals surface area contributed by atoms with Gasteiger partial charge in [-0.2, -0.15) is 0 Å². The predicted octanol–water partition coefficient (Wildman–Crippen LogP) is 5.70. The fourth-order valence-corrected chi connectivity index (χ4v) is 4.57.